The molecule has 0 aromatic carbocycles. The summed E-state index contributed by atoms with van der Waals surface area (Å²) in [7, 11) is 1.70. The number of esters is 1. The smallest absolute Gasteiger partial charge is 0.330 e. The maximum Gasteiger partial charge on any atom is 0.330 e. The first kappa shape index (κ1) is 19.4. The van der Waals surface area contributed by atoms with Gasteiger partial charge in [-0.3, -0.25) is 19.1 Å². The lowest BCUT2D eigenvalue weighted by Crippen LogP contribution is -2.31. The van der Waals surface area contributed by atoms with Crippen molar-refractivity contribution in [3.05, 3.63) is 26.7 Å². The first-order valence-corrected chi connectivity index (χ1v) is 9.85. The van der Waals surface area contributed by atoms with Crippen molar-refractivity contribution >= 4 is 17.1 Å². The van der Waals surface area contributed by atoms with Crippen molar-refractivity contribution in [1.29, 1.82) is 0 Å². The average molecular weight is 376 g/mol. The number of ether oxygens (including phenoxy) is 1. The Bertz CT molecular complexity index is 918. The molecule has 27 heavy (non-hydrogen) atoms. The van der Waals surface area contributed by atoms with Gasteiger partial charge in [-0.05, 0) is 18.8 Å². The standard InChI is InChI=1S/C19H28N4O4/c1-3-4-11-23-17-16(18(25)21-19(23)26)22(2)14(20-17)12-27-15(24)10-9-13-7-5-6-8-13/h13H,3-12H2,1-2H3,(H,21,25,26). The summed E-state index contributed by atoms with van der Waals surface area (Å²) in [6, 6.07) is 0. The molecule has 2 aromatic heterocycles. The zero-order valence-corrected chi connectivity index (χ0v) is 16.1. The van der Waals surface area contributed by atoms with Crippen LogP contribution in [0.15, 0.2) is 9.59 Å². The number of H-pyrrole nitrogens is 1. The number of unbranched alkanes of at least 4 members (excludes halogenated alkanes) is 1. The predicted octanol–water partition coefficient (Wildman–Crippen LogP) is 2.24. The van der Waals surface area contributed by atoms with E-state index in [0.717, 1.165) is 19.3 Å². The van der Waals surface area contributed by atoms with Crippen LogP contribution in [0.2, 0.25) is 0 Å². The molecule has 0 aliphatic heterocycles. The Morgan fingerprint density at radius 2 is 2.04 bits per heavy atom. The minimum absolute atomic E-state index is 0.00388. The van der Waals surface area contributed by atoms with Gasteiger partial charge in [-0.1, -0.05) is 39.0 Å². The number of carbonyl (C=O) groups excluding carboxylic acids is 1. The lowest BCUT2D eigenvalue weighted by Gasteiger charge is -2.08. The normalized spacial score (nSPS) is 14.9. The number of aromatic nitrogens is 4. The molecular formula is C19H28N4O4. The Balaban J connectivity index is 1.73. The third-order valence-corrected chi connectivity index (χ3v) is 5.43. The molecule has 0 saturated heterocycles. The molecule has 0 atom stereocenters. The zero-order chi connectivity index (χ0) is 19.4. The molecule has 1 aliphatic rings. The van der Waals surface area contributed by atoms with Crippen LogP contribution in [-0.4, -0.2) is 25.1 Å². The Kier molecular flexibility index (Phi) is 6.13. The van der Waals surface area contributed by atoms with Gasteiger partial charge in [-0.2, -0.15) is 0 Å². The second kappa shape index (κ2) is 8.54. The second-order valence-corrected chi connectivity index (χ2v) is 7.37. The number of carbonyl (C=O) groups is 1. The fraction of sp³-hybridized carbons (Fsp3) is 0.684. The Hall–Kier alpha value is -2.38. The molecule has 1 fully saturated rings. The molecule has 3 rings (SSSR count). The van der Waals surface area contributed by atoms with E-state index < -0.39 is 11.2 Å². The van der Waals surface area contributed by atoms with Crippen molar-refractivity contribution in [2.45, 2.75) is 71.4 Å². The number of aromatic amines is 1. The van der Waals surface area contributed by atoms with E-state index in [4.69, 9.17) is 4.74 Å². The molecule has 148 valence electrons. The highest BCUT2D eigenvalue weighted by atomic mass is 16.5. The number of aryl methyl sites for hydroxylation is 2. The number of nitrogens with one attached hydrogen (secondary N) is 1. The summed E-state index contributed by atoms with van der Waals surface area (Å²) in [4.78, 5) is 43.2. The van der Waals surface area contributed by atoms with E-state index in [-0.39, 0.29) is 12.6 Å². The summed E-state index contributed by atoms with van der Waals surface area (Å²) in [6.07, 6.45) is 7.94. The van der Waals surface area contributed by atoms with Crippen LogP contribution in [0.1, 0.15) is 64.1 Å². The van der Waals surface area contributed by atoms with Gasteiger partial charge in [-0.15, -0.1) is 0 Å². The van der Waals surface area contributed by atoms with Crippen LogP contribution in [0.25, 0.3) is 11.2 Å². The van der Waals surface area contributed by atoms with Crippen LogP contribution in [0.3, 0.4) is 0 Å². The van der Waals surface area contributed by atoms with Gasteiger partial charge in [0.05, 0.1) is 0 Å². The molecule has 0 bridgehead atoms. The SMILES string of the molecule is CCCCn1c(=O)[nH]c(=O)c2c1nc(COC(=O)CCC1CCCC1)n2C. The van der Waals surface area contributed by atoms with Gasteiger partial charge >= 0.3 is 11.7 Å². The monoisotopic (exact) mass is 376 g/mol. The summed E-state index contributed by atoms with van der Waals surface area (Å²) < 4.78 is 8.44. The fourth-order valence-electron chi connectivity index (χ4n) is 3.78. The highest BCUT2D eigenvalue weighted by Gasteiger charge is 2.19. The van der Waals surface area contributed by atoms with E-state index in [2.05, 4.69) is 9.97 Å². The summed E-state index contributed by atoms with van der Waals surface area (Å²) in [6.45, 7) is 2.51. The summed E-state index contributed by atoms with van der Waals surface area (Å²) in [5, 5.41) is 0. The number of hydrogen-bond donors (Lipinski definition) is 1. The van der Waals surface area contributed by atoms with Crippen molar-refractivity contribution in [2.75, 3.05) is 0 Å². The van der Waals surface area contributed by atoms with Crippen LogP contribution < -0.4 is 11.2 Å². The van der Waals surface area contributed by atoms with E-state index in [0.29, 0.717) is 35.9 Å². The first-order valence-electron chi connectivity index (χ1n) is 9.85. The lowest BCUT2D eigenvalue weighted by atomic mass is 10.0. The van der Waals surface area contributed by atoms with Gasteiger partial charge in [0.15, 0.2) is 11.2 Å². The minimum Gasteiger partial charge on any atom is -0.458 e. The van der Waals surface area contributed by atoms with Crippen LogP contribution in [0, 0.1) is 5.92 Å². The molecule has 8 heteroatoms. The summed E-state index contributed by atoms with van der Waals surface area (Å²) in [5.74, 6) is 0.853. The van der Waals surface area contributed by atoms with Crippen molar-refractivity contribution in [3.8, 4) is 0 Å². The maximum atomic E-state index is 12.2. The fourth-order valence-corrected chi connectivity index (χ4v) is 3.78. The van der Waals surface area contributed by atoms with Crippen LogP contribution in [0.5, 0.6) is 0 Å². The zero-order valence-electron chi connectivity index (χ0n) is 16.1. The highest BCUT2D eigenvalue weighted by molar-refractivity contribution is 5.71. The molecule has 0 unspecified atom stereocenters. The lowest BCUT2D eigenvalue weighted by molar-refractivity contribution is -0.145. The average Bonchev–Trinajstić information content (AvgIpc) is 3.26. The van der Waals surface area contributed by atoms with Crippen molar-refractivity contribution < 1.29 is 9.53 Å². The van der Waals surface area contributed by atoms with Crippen LogP contribution >= 0.6 is 0 Å². The summed E-state index contributed by atoms with van der Waals surface area (Å²) in [5.41, 5.74) is -0.268. The van der Waals surface area contributed by atoms with Gasteiger partial charge < -0.3 is 9.30 Å². The first-order chi connectivity index (χ1) is 13.0. The van der Waals surface area contributed by atoms with Gasteiger partial charge in [0, 0.05) is 20.0 Å². The molecular weight excluding hydrogens is 348 g/mol. The van der Waals surface area contributed by atoms with Crippen LogP contribution in [-0.2, 0) is 29.7 Å². The van der Waals surface area contributed by atoms with E-state index in [1.54, 1.807) is 11.6 Å². The maximum absolute atomic E-state index is 12.2. The Morgan fingerprint density at radius 1 is 1.30 bits per heavy atom. The van der Waals surface area contributed by atoms with Crippen molar-refractivity contribution in [3.63, 3.8) is 0 Å². The molecule has 8 nitrogen and oxygen atoms in total. The van der Waals surface area contributed by atoms with Crippen LogP contribution in [0.4, 0.5) is 0 Å². The molecule has 1 aliphatic carbocycles. The topological polar surface area (TPSA) is 99.0 Å². The minimum atomic E-state index is -0.475. The Labute approximate surface area is 157 Å². The highest BCUT2D eigenvalue weighted by Crippen LogP contribution is 2.28. The summed E-state index contributed by atoms with van der Waals surface area (Å²) >= 11 is 0. The van der Waals surface area contributed by atoms with Gasteiger partial charge in [-0.25, -0.2) is 9.78 Å². The molecule has 2 aromatic rings. The second-order valence-electron chi connectivity index (χ2n) is 7.37. The molecule has 0 amide bonds. The molecule has 1 saturated carbocycles. The number of hydrogen-bond acceptors (Lipinski definition) is 5. The van der Waals surface area contributed by atoms with E-state index in [1.807, 2.05) is 6.92 Å². The number of fused-ring (bicyclic) bond motifs is 1. The van der Waals surface area contributed by atoms with Gasteiger partial charge in [0.25, 0.3) is 5.56 Å². The molecule has 0 spiro atoms. The third-order valence-electron chi connectivity index (χ3n) is 5.43. The number of nitrogens with zero attached hydrogens (tertiary/aromatic N) is 3. The largest absolute Gasteiger partial charge is 0.458 e. The third kappa shape index (κ3) is 4.31. The van der Waals surface area contributed by atoms with Gasteiger partial charge in [0.1, 0.15) is 12.4 Å². The molecule has 1 N–H and O–H groups in total. The number of rotatable bonds is 8. The molecule has 0 radical (unpaired) electrons. The van der Waals surface area contributed by atoms with E-state index in [9.17, 15) is 14.4 Å². The van der Waals surface area contributed by atoms with Crippen molar-refractivity contribution in [1.82, 2.24) is 19.1 Å². The quantitative estimate of drug-likeness (QED) is 0.712. The van der Waals surface area contributed by atoms with Crippen molar-refractivity contribution in [2.24, 2.45) is 13.0 Å². The van der Waals surface area contributed by atoms with E-state index >= 15 is 0 Å². The molecule has 2 heterocycles. The van der Waals surface area contributed by atoms with Gasteiger partial charge in [0.2, 0.25) is 0 Å². The number of imidazole rings is 1. The predicted molar refractivity (Wildman–Crippen MR) is 101 cm³/mol. The Morgan fingerprint density at radius 3 is 2.74 bits per heavy atom. The van der Waals surface area contributed by atoms with E-state index in [1.165, 1.54) is 30.3 Å².